The Morgan fingerprint density at radius 3 is 2.93 bits per heavy atom. The Balaban J connectivity index is 2.29. The van der Waals surface area contributed by atoms with Gasteiger partial charge < -0.3 is 19.3 Å². The summed E-state index contributed by atoms with van der Waals surface area (Å²) < 4.78 is 15.6. The van der Waals surface area contributed by atoms with E-state index >= 15 is 0 Å². The summed E-state index contributed by atoms with van der Waals surface area (Å²) >= 11 is 0. The van der Waals surface area contributed by atoms with Gasteiger partial charge in [0.1, 0.15) is 6.10 Å². The molecule has 88 valence electrons. The van der Waals surface area contributed by atoms with Crippen molar-refractivity contribution in [2.45, 2.75) is 38.6 Å². The lowest BCUT2D eigenvalue weighted by atomic mass is 10.2. The van der Waals surface area contributed by atoms with E-state index < -0.39 is 5.79 Å². The van der Waals surface area contributed by atoms with Gasteiger partial charge in [-0.3, -0.25) is 4.79 Å². The minimum Gasteiger partial charge on any atom is -0.466 e. The van der Waals surface area contributed by atoms with E-state index in [0.717, 1.165) is 0 Å². The smallest absolute Gasteiger partial charge is 0.305 e. The summed E-state index contributed by atoms with van der Waals surface area (Å²) in [5.74, 6) is -1.02. The lowest BCUT2D eigenvalue weighted by Gasteiger charge is -2.22. The fourth-order valence-corrected chi connectivity index (χ4v) is 1.47. The molecular weight excluding hydrogens is 200 g/mol. The van der Waals surface area contributed by atoms with Crippen LogP contribution in [0.25, 0.3) is 0 Å². The molecular formula is C10H18O5. The van der Waals surface area contributed by atoms with Gasteiger partial charge in [0.2, 0.25) is 0 Å². The first-order valence-electron chi connectivity index (χ1n) is 5.18. The lowest BCUT2D eigenvalue weighted by Crippen LogP contribution is -2.28. The molecule has 1 heterocycles. The van der Waals surface area contributed by atoms with Crippen LogP contribution in [0, 0.1) is 0 Å². The number of aliphatic hydroxyl groups excluding tert-OH is 1. The fraction of sp³-hybridized carbons (Fsp3) is 0.900. The number of aliphatic hydroxyl groups is 1. The summed E-state index contributed by atoms with van der Waals surface area (Å²) in [6.07, 6.45) is 0.433. The highest BCUT2D eigenvalue weighted by Crippen LogP contribution is 2.27. The van der Waals surface area contributed by atoms with Gasteiger partial charge in [0, 0.05) is 6.42 Å². The maximum absolute atomic E-state index is 11.1. The van der Waals surface area contributed by atoms with Crippen LogP contribution in [-0.4, -0.2) is 42.8 Å². The van der Waals surface area contributed by atoms with Gasteiger partial charge >= 0.3 is 5.97 Å². The summed E-state index contributed by atoms with van der Waals surface area (Å²) in [6, 6.07) is 0. The second kappa shape index (κ2) is 5.44. The van der Waals surface area contributed by atoms with Crippen LogP contribution in [0.5, 0.6) is 0 Å². The van der Waals surface area contributed by atoms with Crippen LogP contribution in [0.1, 0.15) is 26.7 Å². The van der Waals surface area contributed by atoms with Crippen molar-refractivity contribution in [3.63, 3.8) is 0 Å². The Bertz CT molecular complexity index is 218. The Morgan fingerprint density at radius 1 is 1.67 bits per heavy atom. The molecule has 1 fully saturated rings. The van der Waals surface area contributed by atoms with Crippen molar-refractivity contribution in [1.82, 2.24) is 0 Å². The monoisotopic (exact) mass is 218 g/mol. The van der Waals surface area contributed by atoms with E-state index in [2.05, 4.69) is 0 Å². The van der Waals surface area contributed by atoms with Gasteiger partial charge in [-0.2, -0.15) is 0 Å². The molecule has 15 heavy (non-hydrogen) atoms. The SMILES string of the molecule is CCOC(=O)CCC1(C)OCC(CO)O1. The molecule has 2 atom stereocenters. The van der Waals surface area contributed by atoms with Crippen LogP contribution in [0.4, 0.5) is 0 Å². The topological polar surface area (TPSA) is 65.0 Å². The van der Waals surface area contributed by atoms with Crippen molar-refractivity contribution in [1.29, 1.82) is 0 Å². The minimum atomic E-state index is -0.764. The van der Waals surface area contributed by atoms with Gasteiger partial charge in [0.15, 0.2) is 5.79 Å². The number of esters is 1. The van der Waals surface area contributed by atoms with Crippen LogP contribution in [0.2, 0.25) is 0 Å². The molecule has 0 aromatic carbocycles. The molecule has 1 saturated heterocycles. The highest BCUT2D eigenvalue weighted by Gasteiger charge is 2.37. The molecule has 0 saturated carbocycles. The van der Waals surface area contributed by atoms with E-state index in [4.69, 9.17) is 19.3 Å². The average molecular weight is 218 g/mol. The molecule has 0 radical (unpaired) electrons. The van der Waals surface area contributed by atoms with Crippen molar-refractivity contribution < 1.29 is 24.1 Å². The first-order valence-corrected chi connectivity index (χ1v) is 5.18. The van der Waals surface area contributed by atoms with E-state index in [-0.39, 0.29) is 25.1 Å². The summed E-state index contributed by atoms with van der Waals surface area (Å²) in [4.78, 5) is 11.1. The van der Waals surface area contributed by atoms with Crippen LogP contribution < -0.4 is 0 Å². The number of hydrogen-bond acceptors (Lipinski definition) is 5. The van der Waals surface area contributed by atoms with Crippen LogP contribution in [0.3, 0.4) is 0 Å². The van der Waals surface area contributed by atoms with Gasteiger partial charge in [-0.25, -0.2) is 0 Å². The van der Waals surface area contributed by atoms with E-state index in [1.54, 1.807) is 13.8 Å². The quantitative estimate of drug-likeness (QED) is 0.679. The number of carbonyl (C=O) groups excluding carboxylic acids is 1. The molecule has 2 unspecified atom stereocenters. The normalized spacial score (nSPS) is 30.5. The van der Waals surface area contributed by atoms with Crippen LogP contribution in [-0.2, 0) is 19.0 Å². The maximum atomic E-state index is 11.1. The first-order chi connectivity index (χ1) is 7.09. The molecule has 0 aliphatic carbocycles. The average Bonchev–Trinajstić information content (AvgIpc) is 2.59. The molecule has 0 bridgehead atoms. The number of hydrogen-bond donors (Lipinski definition) is 1. The van der Waals surface area contributed by atoms with Crippen molar-refractivity contribution in [3.05, 3.63) is 0 Å². The number of ether oxygens (including phenoxy) is 3. The summed E-state index contributed by atoms with van der Waals surface area (Å²) in [7, 11) is 0. The summed E-state index contributed by atoms with van der Waals surface area (Å²) in [6.45, 7) is 4.23. The highest BCUT2D eigenvalue weighted by molar-refractivity contribution is 5.69. The second-order valence-corrected chi connectivity index (χ2v) is 3.67. The molecule has 1 N–H and O–H groups in total. The van der Waals surface area contributed by atoms with E-state index in [1.807, 2.05) is 0 Å². The Kier molecular flexibility index (Phi) is 4.50. The zero-order valence-corrected chi connectivity index (χ0v) is 9.19. The van der Waals surface area contributed by atoms with Gasteiger partial charge in [-0.05, 0) is 13.8 Å². The van der Waals surface area contributed by atoms with Gasteiger partial charge in [0.25, 0.3) is 0 Å². The van der Waals surface area contributed by atoms with Crippen molar-refractivity contribution >= 4 is 5.97 Å². The molecule has 1 rings (SSSR count). The van der Waals surface area contributed by atoms with Crippen molar-refractivity contribution in [2.24, 2.45) is 0 Å². The predicted octanol–water partition coefficient (Wildman–Crippen LogP) is 0.454. The molecule has 0 aromatic heterocycles. The molecule has 0 spiro atoms. The highest BCUT2D eigenvalue weighted by atomic mass is 16.7. The fourth-order valence-electron chi connectivity index (χ4n) is 1.47. The zero-order valence-electron chi connectivity index (χ0n) is 9.19. The Hall–Kier alpha value is -0.650. The van der Waals surface area contributed by atoms with E-state index in [1.165, 1.54) is 0 Å². The number of carbonyl (C=O) groups is 1. The molecule has 0 aromatic rings. The summed E-state index contributed by atoms with van der Waals surface area (Å²) in [5.41, 5.74) is 0. The second-order valence-electron chi connectivity index (χ2n) is 3.67. The van der Waals surface area contributed by atoms with Gasteiger partial charge in [0.05, 0.1) is 26.2 Å². The van der Waals surface area contributed by atoms with Crippen molar-refractivity contribution in [2.75, 3.05) is 19.8 Å². The molecule has 0 amide bonds. The van der Waals surface area contributed by atoms with Crippen LogP contribution in [0.15, 0.2) is 0 Å². The van der Waals surface area contributed by atoms with Crippen molar-refractivity contribution in [3.8, 4) is 0 Å². The summed E-state index contributed by atoms with van der Waals surface area (Å²) in [5, 5.41) is 8.86. The Morgan fingerprint density at radius 2 is 2.40 bits per heavy atom. The third-order valence-electron chi connectivity index (χ3n) is 2.28. The third kappa shape index (κ3) is 3.77. The molecule has 1 aliphatic heterocycles. The number of rotatable bonds is 5. The third-order valence-corrected chi connectivity index (χ3v) is 2.28. The first kappa shape index (κ1) is 12.4. The van der Waals surface area contributed by atoms with E-state index in [9.17, 15) is 4.79 Å². The lowest BCUT2D eigenvalue weighted by molar-refractivity contribution is -0.170. The largest absolute Gasteiger partial charge is 0.466 e. The standard InChI is InChI=1S/C10H18O5/c1-3-13-9(12)4-5-10(2)14-7-8(6-11)15-10/h8,11H,3-7H2,1-2H3. The van der Waals surface area contributed by atoms with E-state index in [0.29, 0.717) is 19.6 Å². The van der Waals surface area contributed by atoms with Crippen LogP contribution >= 0.6 is 0 Å². The minimum absolute atomic E-state index is 0.0605. The Labute approximate surface area is 89.3 Å². The van der Waals surface area contributed by atoms with Gasteiger partial charge in [-0.15, -0.1) is 0 Å². The maximum Gasteiger partial charge on any atom is 0.305 e. The zero-order chi connectivity index (χ0) is 11.3. The molecule has 5 heteroatoms. The van der Waals surface area contributed by atoms with Gasteiger partial charge in [-0.1, -0.05) is 0 Å². The molecule has 5 nitrogen and oxygen atoms in total. The molecule has 1 aliphatic rings. The predicted molar refractivity (Wildman–Crippen MR) is 52.2 cm³/mol.